The van der Waals surface area contributed by atoms with E-state index in [1.54, 1.807) is 23.1 Å². The number of hydrogen-bond acceptors (Lipinski definition) is 4. The Labute approximate surface area is 104 Å². The monoisotopic (exact) mass is 253 g/mol. The van der Waals surface area contributed by atoms with E-state index in [1.165, 1.54) is 9.77 Å². The molecule has 2 N–H and O–H groups in total. The largest absolute Gasteiger partial charge is 0.327 e. The molecule has 0 bridgehead atoms. The smallest absolute Gasteiger partial charge is 0.0626 e. The summed E-state index contributed by atoms with van der Waals surface area (Å²) in [5.41, 5.74) is 6.04. The minimum absolute atomic E-state index is 0.129. The molecule has 2 aromatic rings. The SMILES string of the molecule is CC(N)C(Sc1cnn(C)c1)c1cccs1. The summed E-state index contributed by atoms with van der Waals surface area (Å²) in [6.45, 7) is 2.05. The first-order chi connectivity index (χ1) is 7.66. The fourth-order valence-electron chi connectivity index (χ4n) is 1.48. The zero-order chi connectivity index (χ0) is 11.5. The molecule has 2 atom stereocenters. The summed E-state index contributed by atoms with van der Waals surface area (Å²) in [4.78, 5) is 2.49. The Hall–Kier alpha value is -0.780. The first-order valence-corrected chi connectivity index (χ1v) is 6.87. The van der Waals surface area contributed by atoms with E-state index in [4.69, 9.17) is 5.73 Å². The van der Waals surface area contributed by atoms with Crippen LogP contribution in [0.2, 0.25) is 0 Å². The summed E-state index contributed by atoms with van der Waals surface area (Å²) in [6.07, 6.45) is 3.90. The van der Waals surface area contributed by atoms with Crippen LogP contribution in [0.3, 0.4) is 0 Å². The Bertz CT molecular complexity index is 434. The highest BCUT2D eigenvalue weighted by molar-refractivity contribution is 7.99. The van der Waals surface area contributed by atoms with Crippen LogP contribution >= 0.6 is 23.1 Å². The third-order valence-electron chi connectivity index (χ3n) is 2.25. The topological polar surface area (TPSA) is 43.8 Å². The van der Waals surface area contributed by atoms with Gasteiger partial charge in [0, 0.05) is 29.1 Å². The van der Waals surface area contributed by atoms with Crippen molar-refractivity contribution >= 4 is 23.1 Å². The Morgan fingerprint density at radius 2 is 2.38 bits per heavy atom. The Kier molecular flexibility index (Phi) is 3.68. The maximum atomic E-state index is 6.04. The van der Waals surface area contributed by atoms with Gasteiger partial charge >= 0.3 is 0 Å². The van der Waals surface area contributed by atoms with Gasteiger partial charge in [-0.15, -0.1) is 23.1 Å². The number of nitrogens with zero attached hydrogens (tertiary/aromatic N) is 2. The average molecular weight is 253 g/mol. The molecule has 5 heteroatoms. The van der Waals surface area contributed by atoms with Crippen molar-refractivity contribution in [3.63, 3.8) is 0 Å². The Balaban J connectivity index is 2.15. The van der Waals surface area contributed by atoms with Gasteiger partial charge in [-0.05, 0) is 18.4 Å². The molecule has 3 nitrogen and oxygen atoms in total. The van der Waals surface area contributed by atoms with Crippen molar-refractivity contribution in [3.05, 3.63) is 34.8 Å². The third kappa shape index (κ3) is 2.66. The number of nitrogens with two attached hydrogens (primary N) is 1. The highest BCUT2D eigenvalue weighted by Gasteiger charge is 2.19. The van der Waals surface area contributed by atoms with E-state index in [0.29, 0.717) is 5.25 Å². The molecule has 16 heavy (non-hydrogen) atoms. The average Bonchev–Trinajstić information content (AvgIpc) is 2.84. The van der Waals surface area contributed by atoms with Gasteiger partial charge in [0.05, 0.1) is 11.4 Å². The van der Waals surface area contributed by atoms with Gasteiger partial charge in [0.1, 0.15) is 0 Å². The zero-order valence-corrected chi connectivity index (χ0v) is 11.0. The van der Waals surface area contributed by atoms with Crippen LogP contribution < -0.4 is 5.73 Å². The van der Waals surface area contributed by atoms with E-state index >= 15 is 0 Å². The molecule has 86 valence electrons. The van der Waals surface area contributed by atoms with Crippen LogP contribution in [-0.2, 0) is 7.05 Å². The van der Waals surface area contributed by atoms with Crippen LogP contribution in [0.15, 0.2) is 34.8 Å². The van der Waals surface area contributed by atoms with Gasteiger partial charge in [0.25, 0.3) is 0 Å². The molecule has 0 aromatic carbocycles. The van der Waals surface area contributed by atoms with E-state index in [2.05, 4.69) is 22.6 Å². The van der Waals surface area contributed by atoms with Gasteiger partial charge in [-0.25, -0.2) is 0 Å². The molecule has 0 aliphatic rings. The maximum absolute atomic E-state index is 6.04. The van der Waals surface area contributed by atoms with Gasteiger partial charge in [-0.2, -0.15) is 5.10 Å². The summed E-state index contributed by atoms with van der Waals surface area (Å²) in [5.74, 6) is 0. The van der Waals surface area contributed by atoms with Crippen LogP contribution in [0, 0.1) is 0 Å². The van der Waals surface area contributed by atoms with Gasteiger partial charge in [-0.3, -0.25) is 4.68 Å². The Morgan fingerprint density at radius 3 is 2.88 bits per heavy atom. The van der Waals surface area contributed by atoms with Crippen molar-refractivity contribution in [2.45, 2.75) is 23.1 Å². The van der Waals surface area contributed by atoms with Crippen LogP contribution in [-0.4, -0.2) is 15.8 Å². The van der Waals surface area contributed by atoms with Crippen molar-refractivity contribution in [3.8, 4) is 0 Å². The number of thiophene rings is 1. The molecule has 0 fully saturated rings. The molecule has 0 amide bonds. The lowest BCUT2D eigenvalue weighted by Crippen LogP contribution is -2.21. The normalized spacial score (nSPS) is 14.9. The highest BCUT2D eigenvalue weighted by atomic mass is 32.2. The number of aryl methyl sites for hydroxylation is 1. The third-order valence-corrected chi connectivity index (χ3v) is 4.77. The van der Waals surface area contributed by atoms with Crippen molar-refractivity contribution in [2.24, 2.45) is 12.8 Å². The summed E-state index contributed by atoms with van der Waals surface area (Å²) < 4.78 is 1.81. The molecular formula is C11H15N3S2. The second kappa shape index (κ2) is 5.03. The quantitative estimate of drug-likeness (QED) is 0.852. The lowest BCUT2D eigenvalue weighted by molar-refractivity contribution is 0.729. The predicted molar refractivity (Wildman–Crippen MR) is 69.8 cm³/mol. The fraction of sp³-hybridized carbons (Fsp3) is 0.364. The Morgan fingerprint density at radius 1 is 1.56 bits per heavy atom. The summed E-state index contributed by atoms with van der Waals surface area (Å²) >= 11 is 3.53. The molecule has 0 saturated carbocycles. The number of rotatable bonds is 4. The number of thioether (sulfide) groups is 1. The van der Waals surface area contributed by atoms with E-state index in [-0.39, 0.29) is 6.04 Å². The molecular weight excluding hydrogens is 238 g/mol. The van der Waals surface area contributed by atoms with Gasteiger partial charge in [-0.1, -0.05) is 6.07 Å². The molecule has 0 radical (unpaired) electrons. The molecule has 2 heterocycles. The van der Waals surface area contributed by atoms with Crippen LogP contribution in [0.4, 0.5) is 0 Å². The van der Waals surface area contributed by atoms with E-state index in [1.807, 2.05) is 31.0 Å². The maximum Gasteiger partial charge on any atom is 0.0626 e. The first-order valence-electron chi connectivity index (χ1n) is 5.11. The molecule has 2 rings (SSSR count). The van der Waals surface area contributed by atoms with Crippen LogP contribution in [0.1, 0.15) is 17.1 Å². The van der Waals surface area contributed by atoms with Gasteiger partial charge < -0.3 is 5.73 Å². The van der Waals surface area contributed by atoms with Crippen molar-refractivity contribution in [2.75, 3.05) is 0 Å². The van der Waals surface area contributed by atoms with Crippen LogP contribution in [0.5, 0.6) is 0 Å². The van der Waals surface area contributed by atoms with Gasteiger partial charge in [0.15, 0.2) is 0 Å². The van der Waals surface area contributed by atoms with Crippen molar-refractivity contribution < 1.29 is 0 Å². The minimum Gasteiger partial charge on any atom is -0.327 e. The molecule has 2 unspecified atom stereocenters. The molecule has 0 spiro atoms. The summed E-state index contributed by atoms with van der Waals surface area (Å²) in [6, 6.07) is 4.34. The number of hydrogen-bond donors (Lipinski definition) is 1. The van der Waals surface area contributed by atoms with E-state index in [9.17, 15) is 0 Å². The van der Waals surface area contributed by atoms with E-state index in [0.717, 1.165) is 0 Å². The highest BCUT2D eigenvalue weighted by Crippen LogP contribution is 2.38. The lowest BCUT2D eigenvalue weighted by atomic mass is 10.2. The van der Waals surface area contributed by atoms with Crippen molar-refractivity contribution in [1.82, 2.24) is 9.78 Å². The lowest BCUT2D eigenvalue weighted by Gasteiger charge is -2.17. The molecule has 0 aliphatic carbocycles. The van der Waals surface area contributed by atoms with Gasteiger partial charge in [0.2, 0.25) is 0 Å². The summed E-state index contributed by atoms with van der Waals surface area (Å²) in [5, 5.41) is 6.57. The zero-order valence-electron chi connectivity index (χ0n) is 9.33. The second-order valence-electron chi connectivity index (χ2n) is 3.76. The van der Waals surface area contributed by atoms with E-state index < -0.39 is 0 Å². The first kappa shape index (κ1) is 11.7. The molecule has 0 saturated heterocycles. The second-order valence-corrected chi connectivity index (χ2v) is 5.96. The molecule has 2 aromatic heterocycles. The fourth-order valence-corrected chi connectivity index (χ4v) is 3.64. The molecule has 0 aliphatic heterocycles. The standard InChI is InChI=1S/C11H15N3S2/c1-8(12)11(10-4-3-5-15-10)16-9-6-13-14(2)7-9/h3-8,11H,12H2,1-2H3. The summed E-state index contributed by atoms with van der Waals surface area (Å²) in [7, 11) is 1.93. The number of aromatic nitrogens is 2. The van der Waals surface area contributed by atoms with Crippen molar-refractivity contribution in [1.29, 1.82) is 0 Å². The minimum atomic E-state index is 0.129. The van der Waals surface area contributed by atoms with Crippen LogP contribution in [0.25, 0.3) is 0 Å². The predicted octanol–water partition coefficient (Wildman–Crippen LogP) is 2.66.